The van der Waals surface area contributed by atoms with Crippen molar-refractivity contribution in [1.29, 1.82) is 0 Å². The van der Waals surface area contributed by atoms with Crippen molar-refractivity contribution in [2.45, 2.75) is 11.3 Å². The standard InChI is InChI=1S/C10H12BrFN2O4S/c11-6-4-7(10(15)16)9(12)8(5-6)19(17,18)14-3-1-2-13/h4-5,14H,1-3,13H2,(H,15,16). The van der Waals surface area contributed by atoms with Gasteiger partial charge in [-0.3, -0.25) is 0 Å². The molecule has 4 N–H and O–H groups in total. The fourth-order valence-corrected chi connectivity index (χ4v) is 3.11. The average Bonchev–Trinajstić information content (AvgIpc) is 2.31. The molecule has 1 rings (SSSR count). The van der Waals surface area contributed by atoms with E-state index in [1.807, 2.05) is 0 Å². The number of carboxylic acids is 1. The molecule has 1 aromatic carbocycles. The molecule has 0 amide bonds. The molecule has 19 heavy (non-hydrogen) atoms. The number of nitrogens with one attached hydrogen (secondary N) is 1. The van der Waals surface area contributed by atoms with E-state index < -0.39 is 32.3 Å². The van der Waals surface area contributed by atoms with Gasteiger partial charge >= 0.3 is 5.97 Å². The van der Waals surface area contributed by atoms with Crippen molar-refractivity contribution in [3.8, 4) is 0 Å². The second-order valence-electron chi connectivity index (χ2n) is 3.61. The molecule has 6 nitrogen and oxygen atoms in total. The average molecular weight is 355 g/mol. The van der Waals surface area contributed by atoms with Gasteiger partial charge < -0.3 is 10.8 Å². The highest BCUT2D eigenvalue weighted by molar-refractivity contribution is 9.10. The molecular formula is C10H12BrFN2O4S. The van der Waals surface area contributed by atoms with E-state index in [9.17, 15) is 17.6 Å². The van der Waals surface area contributed by atoms with Crippen molar-refractivity contribution in [3.05, 3.63) is 28.0 Å². The molecule has 0 heterocycles. The second kappa shape index (κ2) is 6.42. The lowest BCUT2D eigenvalue weighted by molar-refractivity contribution is 0.0691. The summed E-state index contributed by atoms with van der Waals surface area (Å²) in [4.78, 5) is 10.1. The minimum atomic E-state index is -4.12. The molecule has 0 radical (unpaired) electrons. The van der Waals surface area contributed by atoms with Crippen LogP contribution in [-0.2, 0) is 10.0 Å². The minimum Gasteiger partial charge on any atom is -0.478 e. The van der Waals surface area contributed by atoms with Gasteiger partial charge in [0, 0.05) is 11.0 Å². The zero-order valence-electron chi connectivity index (χ0n) is 9.69. The van der Waals surface area contributed by atoms with Crippen LogP contribution in [0.4, 0.5) is 4.39 Å². The van der Waals surface area contributed by atoms with E-state index in [-0.39, 0.29) is 17.6 Å². The number of rotatable bonds is 6. The number of aromatic carboxylic acids is 1. The van der Waals surface area contributed by atoms with Crippen LogP contribution < -0.4 is 10.5 Å². The normalized spacial score (nSPS) is 11.5. The number of halogens is 2. The molecule has 9 heteroatoms. The molecule has 0 saturated carbocycles. The lowest BCUT2D eigenvalue weighted by Crippen LogP contribution is -2.27. The zero-order valence-corrected chi connectivity index (χ0v) is 12.1. The third kappa shape index (κ3) is 3.96. The van der Waals surface area contributed by atoms with Crippen molar-refractivity contribution in [2.24, 2.45) is 5.73 Å². The summed E-state index contributed by atoms with van der Waals surface area (Å²) >= 11 is 2.95. The molecule has 0 spiro atoms. The van der Waals surface area contributed by atoms with Gasteiger partial charge in [0.25, 0.3) is 0 Å². The van der Waals surface area contributed by atoms with Crippen LogP contribution >= 0.6 is 15.9 Å². The van der Waals surface area contributed by atoms with Crippen molar-refractivity contribution in [3.63, 3.8) is 0 Å². The number of carbonyl (C=O) groups is 1. The maximum Gasteiger partial charge on any atom is 0.338 e. The minimum absolute atomic E-state index is 0.0488. The quantitative estimate of drug-likeness (QED) is 0.658. The summed E-state index contributed by atoms with van der Waals surface area (Å²) in [5, 5.41) is 8.80. The highest BCUT2D eigenvalue weighted by atomic mass is 79.9. The predicted octanol–water partition coefficient (Wildman–Crippen LogP) is 0.913. The summed E-state index contributed by atoms with van der Waals surface area (Å²) < 4.78 is 39.9. The Morgan fingerprint density at radius 2 is 2.11 bits per heavy atom. The van der Waals surface area contributed by atoms with Gasteiger partial charge in [-0.15, -0.1) is 0 Å². The molecule has 0 atom stereocenters. The third-order valence-corrected chi connectivity index (χ3v) is 4.12. The van der Waals surface area contributed by atoms with Gasteiger partial charge in [0.15, 0.2) is 5.82 Å². The van der Waals surface area contributed by atoms with Crippen LogP contribution in [0.1, 0.15) is 16.8 Å². The van der Waals surface area contributed by atoms with Crippen molar-refractivity contribution < 1.29 is 22.7 Å². The highest BCUT2D eigenvalue weighted by Gasteiger charge is 2.24. The first-order chi connectivity index (χ1) is 8.79. The first-order valence-corrected chi connectivity index (χ1v) is 7.49. The van der Waals surface area contributed by atoms with Crippen LogP contribution in [0.25, 0.3) is 0 Å². The number of sulfonamides is 1. The van der Waals surface area contributed by atoms with Gasteiger partial charge in [0.1, 0.15) is 4.90 Å². The first kappa shape index (κ1) is 16.0. The Morgan fingerprint density at radius 1 is 1.47 bits per heavy atom. The topological polar surface area (TPSA) is 109 Å². The summed E-state index contributed by atoms with van der Waals surface area (Å²) in [6.07, 6.45) is 0.390. The van der Waals surface area contributed by atoms with Gasteiger partial charge in [-0.05, 0) is 25.1 Å². The Kier molecular flexibility index (Phi) is 5.41. The molecule has 0 bridgehead atoms. The van der Waals surface area contributed by atoms with E-state index in [0.717, 1.165) is 12.1 Å². The van der Waals surface area contributed by atoms with Crippen molar-refractivity contribution in [1.82, 2.24) is 4.72 Å². The van der Waals surface area contributed by atoms with Gasteiger partial charge in [-0.25, -0.2) is 22.3 Å². The van der Waals surface area contributed by atoms with Crippen LogP contribution in [0, 0.1) is 5.82 Å². The van der Waals surface area contributed by atoms with E-state index in [1.54, 1.807) is 0 Å². The Bertz CT molecular complexity index is 591. The summed E-state index contributed by atoms with van der Waals surface area (Å²) in [6.45, 7) is 0.330. The molecule has 1 aromatic rings. The van der Waals surface area contributed by atoms with Gasteiger partial charge in [0.2, 0.25) is 10.0 Å². The molecule has 0 aliphatic rings. The molecule has 0 unspecified atom stereocenters. The smallest absolute Gasteiger partial charge is 0.338 e. The van der Waals surface area contributed by atoms with Crippen molar-refractivity contribution in [2.75, 3.05) is 13.1 Å². The van der Waals surface area contributed by atoms with E-state index in [2.05, 4.69) is 20.7 Å². The molecule has 0 aliphatic heterocycles. The van der Waals surface area contributed by atoms with Gasteiger partial charge in [0.05, 0.1) is 5.56 Å². The molecule has 0 saturated heterocycles. The highest BCUT2D eigenvalue weighted by Crippen LogP contribution is 2.24. The Morgan fingerprint density at radius 3 is 2.63 bits per heavy atom. The lowest BCUT2D eigenvalue weighted by atomic mass is 10.2. The number of hydrogen-bond donors (Lipinski definition) is 3. The maximum absolute atomic E-state index is 13.9. The monoisotopic (exact) mass is 354 g/mol. The molecule has 106 valence electrons. The van der Waals surface area contributed by atoms with Gasteiger partial charge in [-0.1, -0.05) is 15.9 Å². The van der Waals surface area contributed by atoms with Crippen molar-refractivity contribution >= 4 is 31.9 Å². The summed E-state index contributed by atoms with van der Waals surface area (Å²) in [6, 6.07) is 2.00. The maximum atomic E-state index is 13.9. The van der Waals surface area contributed by atoms with E-state index in [0.29, 0.717) is 6.42 Å². The van der Waals surface area contributed by atoms with E-state index >= 15 is 0 Å². The van der Waals surface area contributed by atoms with Crippen LogP contribution in [0.15, 0.2) is 21.5 Å². The molecular weight excluding hydrogens is 343 g/mol. The summed E-state index contributed by atoms with van der Waals surface area (Å²) in [5.41, 5.74) is 4.51. The predicted molar refractivity (Wildman–Crippen MR) is 69.9 cm³/mol. The molecule has 0 aromatic heterocycles. The van der Waals surface area contributed by atoms with Crippen LogP contribution in [0.3, 0.4) is 0 Å². The summed E-state index contributed by atoms with van der Waals surface area (Å²) in [7, 11) is -4.12. The van der Waals surface area contributed by atoms with E-state index in [1.165, 1.54) is 0 Å². The SMILES string of the molecule is NCCCNS(=O)(=O)c1cc(Br)cc(C(=O)O)c1F. The number of carboxylic acid groups (broad SMARTS) is 1. The van der Waals surface area contributed by atoms with Crippen LogP contribution in [-0.4, -0.2) is 32.6 Å². The fourth-order valence-electron chi connectivity index (χ4n) is 1.30. The first-order valence-electron chi connectivity index (χ1n) is 5.21. The Balaban J connectivity index is 3.23. The summed E-state index contributed by atoms with van der Waals surface area (Å²) in [5.74, 6) is -2.84. The molecule has 0 aliphatic carbocycles. The largest absolute Gasteiger partial charge is 0.478 e. The molecule has 0 fully saturated rings. The van der Waals surface area contributed by atoms with Gasteiger partial charge in [-0.2, -0.15) is 0 Å². The lowest BCUT2D eigenvalue weighted by Gasteiger charge is -2.09. The van der Waals surface area contributed by atoms with E-state index in [4.69, 9.17) is 10.8 Å². The van der Waals surface area contributed by atoms with Crippen LogP contribution in [0.5, 0.6) is 0 Å². The second-order valence-corrected chi connectivity index (χ2v) is 6.26. The third-order valence-electron chi connectivity index (χ3n) is 2.20. The zero-order chi connectivity index (χ0) is 14.6. The van der Waals surface area contributed by atoms with Crippen LogP contribution in [0.2, 0.25) is 0 Å². The Labute approximate surface area is 118 Å². The number of benzene rings is 1. The fraction of sp³-hybridized carbons (Fsp3) is 0.300. The number of nitrogens with two attached hydrogens (primary N) is 1. The number of hydrogen-bond acceptors (Lipinski definition) is 4. The Hall–Kier alpha value is -1.03.